The molecule has 0 heterocycles. The zero-order chi connectivity index (χ0) is 65.0. The molecule has 526 valence electrons. The first-order chi connectivity index (χ1) is 45.4. The monoisotopic (exact) mass is 1310 g/mol. The minimum absolute atomic E-state index is 0.0993. The maximum Gasteiger partial charge on any atom is 0.407 e. The van der Waals surface area contributed by atoms with Gasteiger partial charge in [-0.1, -0.05) is 90.2 Å². The summed E-state index contributed by atoms with van der Waals surface area (Å²) < 4.78 is 58.1. The highest BCUT2D eigenvalue weighted by Gasteiger charge is 2.65. The first kappa shape index (κ1) is 72.6. The molecule has 0 aromatic heterocycles. The summed E-state index contributed by atoms with van der Waals surface area (Å²) in [6.45, 7) is 10.2. The lowest BCUT2D eigenvalue weighted by Gasteiger charge is -2.57. The Morgan fingerprint density at radius 1 is 0.355 bits per heavy atom. The molecule has 10 atom stereocenters. The van der Waals surface area contributed by atoms with Gasteiger partial charge in [0.25, 0.3) is 0 Å². The summed E-state index contributed by atoms with van der Waals surface area (Å²) in [6, 6.07) is 0. The van der Waals surface area contributed by atoms with Crippen LogP contribution in [-0.4, -0.2) is 152 Å². The number of esters is 2. The van der Waals surface area contributed by atoms with Crippen molar-refractivity contribution in [1.29, 1.82) is 0 Å². The van der Waals surface area contributed by atoms with E-state index in [1.54, 1.807) is 0 Å². The van der Waals surface area contributed by atoms with Crippen LogP contribution in [-0.2, 0) is 57.0 Å². The van der Waals surface area contributed by atoms with Gasteiger partial charge in [0.05, 0.1) is 50.8 Å². The molecular formula is C73H118N4O16. The molecule has 20 nitrogen and oxygen atoms in total. The number of fused-ring (bicyclic) bond motifs is 3. The maximum atomic E-state index is 12.9. The summed E-state index contributed by atoms with van der Waals surface area (Å²) in [7, 11) is 0. The lowest BCUT2D eigenvalue weighted by molar-refractivity contribution is -0.143. The van der Waals surface area contributed by atoms with Crippen LogP contribution in [0.1, 0.15) is 218 Å². The lowest BCUT2D eigenvalue weighted by Crippen LogP contribution is -2.51. The van der Waals surface area contributed by atoms with Crippen molar-refractivity contribution >= 4 is 36.3 Å². The normalized spacial score (nSPS) is 31.5. The van der Waals surface area contributed by atoms with Gasteiger partial charge in [-0.05, 0) is 206 Å². The second kappa shape index (κ2) is 38.9. The van der Waals surface area contributed by atoms with Crippen LogP contribution in [0.4, 0.5) is 19.2 Å². The fourth-order valence-electron chi connectivity index (χ4n) is 19.2. The molecule has 0 spiro atoms. The Balaban J connectivity index is 0.645. The molecule has 9 saturated carbocycles. The molecule has 0 aliphatic heterocycles. The van der Waals surface area contributed by atoms with Crippen molar-refractivity contribution in [1.82, 2.24) is 21.3 Å². The van der Waals surface area contributed by atoms with E-state index in [0.717, 1.165) is 164 Å². The van der Waals surface area contributed by atoms with Crippen LogP contribution in [0.2, 0.25) is 0 Å². The van der Waals surface area contributed by atoms with E-state index < -0.39 is 48.5 Å². The average molecular weight is 1310 g/mol. The van der Waals surface area contributed by atoms with E-state index in [-0.39, 0.29) is 87.7 Å². The van der Waals surface area contributed by atoms with Gasteiger partial charge in [-0.2, -0.15) is 0 Å². The molecule has 0 aromatic rings. The summed E-state index contributed by atoms with van der Waals surface area (Å²) in [5.41, 5.74) is 0.380. The molecule has 93 heavy (non-hydrogen) atoms. The number of hydrogen-bond donors (Lipinski definition) is 4. The Morgan fingerprint density at radius 3 is 1.08 bits per heavy atom. The SMILES string of the molecule is C=CC(=O)OCC(COC1CCCCC1)OC(=O)NCC1CCCC(CNC(=O)OCCOC2CCC(C3(C4CCC(OCCOC(=O)NCC5CCCC(CNC(=O)OC(COC(=O)C=C)COC6CCCCC6)C5)CC4)C4CCCCC4C4CCCCC43)CC2)C1. The first-order valence-corrected chi connectivity index (χ1v) is 37.2. The van der Waals surface area contributed by atoms with Crippen LogP contribution in [0.5, 0.6) is 0 Å². The van der Waals surface area contributed by atoms with Crippen LogP contribution in [0, 0.1) is 64.6 Å². The smallest absolute Gasteiger partial charge is 0.407 e. The summed E-state index contributed by atoms with van der Waals surface area (Å²) in [5.74, 6) is 4.69. The van der Waals surface area contributed by atoms with E-state index in [1.807, 2.05) is 0 Å². The average Bonchev–Trinajstić information content (AvgIpc) is 1.56. The molecule has 0 aromatic carbocycles. The summed E-state index contributed by atoms with van der Waals surface area (Å²) in [6.07, 6.45) is 38.0. The van der Waals surface area contributed by atoms with Crippen LogP contribution in [0.3, 0.4) is 0 Å². The van der Waals surface area contributed by atoms with Gasteiger partial charge in [0.15, 0.2) is 12.2 Å². The topological polar surface area (TPSA) is 243 Å². The van der Waals surface area contributed by atoms with Crippen molar-refractivity contribution in [2.24, 2.45) is 64.6 Å². The largest absolute Gasteiger partial charge is 0.458 e. The highest BCUT2D eigenvalue weighted by Crippen LogP contribution is 2.72. The highest BCUT2D eigenvalue weighted by molar-refractivity contribution is 5.81. The molecule has 0 radical (unpaired) electrons. The Bertz CT molecular complexity index is 2140. The van der Waals surface area contributed by atoms with Crippen LogP contribution in [0.15, 0.2) is 25.3 Å². The molecule has 4 N–H and O–H groups in total. The summed E-state index contributed by atoms with van der Waals surface area (Å²) in [5, 5.41) is 11.9. The molecule has 9 fully saturated rings. The Morgan fingerprint density at radius 2 is 0.699 bits per heavy atom. The van der Waals surface area contributed by atoms with Crippen molar-refractivity contribution in [3.63, 3.8) is 0 Å². The third-order valence-electron chi connectivity index (χ3n) is 23.3. The van der Waals surface area contributed by atoms with Gasteiger partial charge in [-0.15, -0.1) is 0 Å². The molecule has 9 aliphatic rings. The molecule has 0 bridgehead atoms. The van der Waals surface area contributed by atoms with Crippen LogP contribution < -0.4 is 21.3 Å². The van der Waals surface area contributed by atoms with E-state index >= 15 is 0 Å². The zero-order valence-electron chi connectivity index (χ0n) is 56.4. The molecule has 10 unspecified atom stereocenters. The highest BCUT2D eigenvalue weighted by atomic mass is 16.6. The number of nitrogens with one attached hydrogen (secondary N) is 4. The zero-order valence-corrected chi connectivity index (χ0v) is 56.4. The van der Waals surface area contributed by atoms with Crippen molar-refractivity contribution in [2.75, 3.05) is 79.0 Å². The predicted molar refractivity (Wildman–Crippen MR) is 351 cm³/mol. The maximum absolute atomic E-state index is 12.9. The lowest BCUT2D eigenvalue weighted by atomic mass is 9.48. The van der Waals surface area contributed by atoms with Crippen molar-refractivity contribution in [3.8, 4) is 0 Å². The number of amides is 4. The quantitative estimate of drug-likeness (QED) is 0.0212. The van der Waals surface area contributed by atoms with Crippen LogP contribution in [0.25, 0.3) is 0 Å². The van der Waals surface area contributed by atoms with Gasteiger partial charge < -0.3 is 68.6 Å². The van der Waals surface area contributed by atoms with Gasteiger partial charge in [0.1, 0.15) is 26.4 Å². The van der Waals surface area contributed by atoms with E-state index in [2.05, 4.69) is 34.4 Å². The Kier molecular flexibility index (Phi) is 30.4. The molecule has 9 aliphatic carbocycles. The molecule has 20 heteroatoms. The third kappa shape index (κ3) is 22.7. The van der Waals surface area contributed by atoms with Gasteiger partial charge in [-0.25, -0.2) is 28.8 Å². The number of carbonyl (C=O) groups is 6. The fourth-order valence-corrected chi connectivity index (χ4v) is 19.2. The number of hydrogen-bond acceptors (Lipinski definition) is 16. The summed E-state index contributed by atoms with van der Waals surface area (Å²) in [4.78, 5) is 75.3. The van der Waals surface area contributed by atoms with E-state index in [1.165, 1.54) is 89.9 Å². The fraction of sp³-hybridized carbons (Fsp3) is 0.863. The van der Waals surface area contributed by atoms with Gasteiger partial charge in [0.2, 0.25) is 0 Å². The minimum atomic E-state index is -0.720. The predicted octanol–water partition coefficient (Wildman–Crippen LogP) is 13.2. The second-order valence-electron chi connectivity index (χ2n) is 29.3. The Hall–Kier alpha value is -4.66. The molecule has 0 saturated heterocycles. The minimum Gasteiger partial charge on any atom is -0.458 e. The van der Waals surface area contributed by atoms with Crippen molar-refractivity contribution in [2.45, 2.75) is 255 Å². The number of alkyl carbamates (subject to hydrolysis) is 4. The molecule has 9 rings (SSSR count). The number of carbonyl (C=O) groups excluding carboxylic acids is 6. The summed E-state index contributed by atoms with van der Waals surface area (Å²) >= 11 is 0. The number of ether oxygens (including phenoxy) is 10. The van der Waals surface area contributed by atoms with Crippen LogP contribution >= 0.6 is 0 Å². The van der Waals surface area contributed by atoms with Crippen molar-refractivity contribution < 1.29 is 76.1 Å². The van der Waals surface area contributed by atoms with Gasteiger partial charge in [-0.3, -0.25) is 0 Å². The third-order valence-corrected chi connectivity index (χ3v) is 23.3. The Labute approximate surface area is 555 Å². The van der Waals surface area contributed by atoms with E-state index in [4.69, 9.17) is 47.4 Å². The van der Waals surface area contributed by atoms with Crippen molar-refractivity contribution in [3.05, 3.63) is 25.3 Å². The second-order valence-corrected chi connectivity index (χ2v) is 29.3. The molecular weight excluding hydrogens is 1190 g/mol. The standard InChI is InChI=1S/C73H118N4O16/c1-3-67(78)90-49-61(47-88-57-21-7-5-8-22-57)92-71(82)76-45-53-19-15-17-51(41-53)43-74-69(80)86-39-37-84-59-33-29-55(30-34-59)73(65-27-13-11-25-63(65)64-26-12-14-28-66(64)73)56-31-35-60(36-32-56)85-38-40-87-70(81)75-44-52-18-16-20-54(42-52)46-77-72(83)93-62(50-91-68(79)4-2)48-89-58-23-9-6-10-24-58/h3-4,51-66H,1-2,5-50H2,(H,74,80)(H,75,81)(H,76,82)(H,77,83). The first-order valence-electron chi connectivity index (χ1n) is 37.2. The van der Waals surface area contributed by atoms with E-state index in [9.17, 15) is 28.8 Å². The number of rotatable bonds is 32. The van der Waals surface area contributed by atoms with Gasteiger partial charge >= 0.3 is 36.3 Å². The van der Waals surface area contributed by atoms with E-state index in [0.29, 0.717) is 56.6 Å². The van der Waals surface area contributed by atoms with Gasteiger partial charge in [0, 0.05) is 38.3 Å². The molecule has 4 amide bonds.